The van der Waals surface area contributed by atoms with E-state index in [1.165, 1.54) is 12.8 Å². The molecule has 2 nitrogen and oxygen atoms in total. The van der Waals surface area contributed by atoms with Crippen LogP contribution in [0.1, 0.15) is 19.8 Å². The predicted octanol–water partition coefficient (Wildman–Crippen LogP) is 2.04. The Morgan fingerprint density at radius 2 is 1.86 bits per heavy atom. The third-order valence-corrected chi connectivity index (χ3v) is 2.32. The summed E-state index contributed by atoms with van der Waals surface area (Å²) in [6.07, 6.45) is 6.28. The topological polar surface area (TPSA) is 29.3 Å². The molecule has 0 aliphatic rings. The molecule has 1 atom stereocenters. The molecule has 0 aromatic rings. The first-order valence-corrected chi connectivity index (χ1v) is 5.42. The Kier molecular flexibility index (Phi) is 8.59. The summed E-state index contributed by atoms with van der Waals surface area (Å²) in [6.45, 7) is 13.4. The van der Waals surface area contributed by atoms with E-state index in [0.717, 1.165) is 26.2 Å². The number of hydrogen-bond donors (Lipinski definition) is 1. The van der Waals surface area contributed by atoms with Crippen LogP contribution in [0.15, 0.2) is 25.3 Å². The molecule has 2 heteroatoms. The molecule has 0 spiro atoms. The van der Waals surface area contributed by atoms with Crippen molar-refractivity contribution in [2.24, 2.45) is 11.7 Å². The van der Waals surface area contributed by atoms with Crippen molar-refractivity contribution >= 4 is 0 Å². The Morgan fingerprint density at radius 1 is 1.29 bits per heavy atom. The Bertz CT molecular complexity index is 144. The lowest BCUT2D eigenvalue weighted by molar-refractivity contribution is 0.269. The van der Waals surface area contributed by atoms with Crippen LogP contribution in [0.3, 0.4) is 0 Å². The monoisotopic (exact) mass is 196 g/mol. The average Bonchev–Trinajstić information content (AvgIpc) is 2.18. The van der Waals surface area contributed by atoms with Crippen LogP contribution in [0.25, 0.3) is 0 Å². The molecular formula is C12H24N2. The molecule has 0 rings (SSSR count). The lowest BCUT2D eigenvalue weighted by atomic mass is 10.0. The maximum atomic E-state index is 5.72. The lowest BCUT2D eigenvalue weighted by Crippen LogP contribution is -2.33. The van der Waals surface area contributed by atoms with E-state index < -0.39 is 0 Å². The first-order valence-electron chi connectivity index (χ1n) is 5.42. The van der Waals surface area contributed by atoms with E-state index in [2.05, 4.69) is 25.0 Å². The fourth-order valence-electron chi connectivity index (χ4n) is 1.65. The van der Waals surface area contributed by atoms with Gasteiger partial charge in [-0.2, -0.15) is 0 Å². The van der Waals surface area contributed by atoms with Crippen molar-refractivity contribution in [1.29, 1.82) is 0 Å². The highest BCUT2D eigenvalue weighted by atomic mass is 15.1. The van der Waals surface area contributed by atoms with Gasteiger partial charge in [0.05, 0.1) is 0 Å². The second kappa shape index (κ2) is 8.97. The van der Waals surface area contributed by atoms with Crippen LogP contribution in [0, 0.1) is 5.92 Å². The minimum absolute atomic E-state index is 0.611. The molecule has 0 radical (unpaired) electrons. The SMILES string of the molecule is C=CCN(CC=C)CC(CN)CCC. The summed E-state index contributed by atoms with van der Waals surface area (Å²) in [4.78, 5) is 2.33. The van der Waals surface area contributed by atoms with Gasteiger partial charge < -0.3 is 5.73 Å². The van der Waals surface area contributed by atoms with Crippen molar-refractivity contribution in [2.45, 2.75) is 19.8 Å². The molecule has 0 aromatic heterocycles. The van der Waals surface area contributed by atoms with Gasteiger partial charge in [-0.1, -0.05) is 25.5 Å². The lowest BCUT2D eigenvalue weighted by Gasteiger charge is -2.24. The summed E-state index contributed by atoms with van der Waals surface area (Å²) in [7, 11) is 0. The van der Waals surface area contributed by atoms with Crippen molar-refractivity contribution in [3.63, 3.8) is 0 Å². The normalized spacial score (nSPS) is 12.8. The molecule has 1 unspecified atom stereocenters. The van der Waals surface area contributed by atoms with E-state index in [0.29, 0.717) is 5.92 Å². The van der Waals surface area contributed by atoms with Gasteiger partial charge in [-0.3, -0.25) is 4.90 Å². The van der Waals surface area contributed by atoms with Crippen LogP contribution < -0.4 is 5.73 Å². The maximum Gasteiger partial charge on any atom is 0.0164 e. The van der Waals surface area contributed by atoms with Crippen LogP contribution in [0.2, 0.25) is 0 Å². The highest BCUT2D eigenvalue weighted by Crippen LogP contribution is 2.07. The fraction of sp³-hybridized carbons (Fsp3) is 0.667. The van der Waals surface area contributed by atoms with Gasteiger partial charge in [0, 0.05) is 19.6 Å². The molecule has 0 amide bonds. The van der Waals surface area contributed by atoms with E-state index in [4.69, 9.17) is 5.73 Å². The first kappa shape index (κ1) is 13.4. The molecule has 0 aliphatic heterocycles. The fourth-order valence-corrected chi connectivity index (χ4v) is 1.65. The zero-order chi connectivity index (χ0) is 10.8. The van der Waals surface area contributed by atoms with Crippen LogP contribution in [-0.4, -0.2) is 31.1 Å². The molecule has 0 saturated heterocycles. The highest BCUT2D eigenvalue weighted by Gasteiger charge is 2.09. The zero-order valence-corrected chi connectivity index (χ0v) is 9.41. The van der Waals surface area contributed by atoms with Crippen molar-refractivity contribution in [3.05, 3.63) is 25.3 Å². The van der Waals surface area contributed by atoms with Gasteiger partial charge in [-0.05, 0) is 18.9 Å². The third-order valence-electron chi connectivity index (χ3n) is 2.32. The van der Waals surface area contributed by atoms with Crippen LogP contribution in [0.4, 0.5) is 0 Å². The van der Waals surface area contributed by atoms with Crippen LogP contribution >= 0.6 is 0 Å². The average molecular weight is 196 g/mol. The van der Waals surface area contributed by atoms with Gasteiger partial charge in [0.1, 0.15) is 0 Å². The van der Waals surface area contributed by atoms with Gasteiger partial charge in [0.15, 0.2) is 0 Å². The molecule has 0 aliphatic carbocycles. The number of nitrogens with two attached hydrogens (primary N) is 1. The van der Waals surface area contributed by atoms with E-state index in [1.54, 1.807) is 0 Å². The van der Waals surface area contributed by atoms with E-state index >= 15 is 0 Å². The summed E-state index contributed by atoms with van der Waals surface area (Å²) in [5, 5.41) is 0. The Balaban J connectivity index is 3.95. The molecule has 0 saturated carbocycles. The minimum atomic E-state index is 0.611. The van der Waals surface area contributed by atoms with Crippen molar-refractivity contribution in [1.82, 2.24) is 4.90 Å². The van der Waals surface area contributed by atoms with Gasteiger partial charge >= 0.3 is 0 Å². The standard InChI is InChI=1S/C12H24N2/c1-4-7-12(10-13)11-14(8-5-2)9-6-3/h5-6,12H,2-4,7-11,13H2,1H3. The second-order valence-corrected chi connectivity index (χ2v) is 3.69. The first-order chi connectivity index (χ1) is 6.78. The van der Waals surface area contributed by atoms with Crippen molar-refractivity contribution in [2.75, 3.05) is 26.2 Å². The largest absolute Gasteiger partial charge is 0.330 e. The minimum Gasteiger partial charge on any atom is -0.330 e. The van der Waals surface area contributed by atoms with Gasteiger partial charge in [-0.25, -0.2) is 0 Å². The summed E-state index contributed by atoms with van der Waals surface area (Å²) >= 11 is 0. The van der Waals surface area contributed by atoms with Gasteiger partial charge in [-0.15, -0.1) is 13.2 Å². The maximum absolute atomic E-state index is 5.72. The van der Waals surface area contributed by atoms with Gasteiger partial charge in [0.2, 0.25) is 0 Å². The Labute approximate surface area is 88.5 Å². The molecule has 0 bridgehead atoms. The smallest absolute Gasteiger partial charge is 0.0164 e. The third kappa shape index (κ3) is 5.95. The van der Waals surface area contributed by atoms with E-state index in [9.17, 15) is 0 Å². The summed E-state index contributed by atoms with van der Waals surface area (Å²) < 4.78 is 0. The number of rotatable bonds is 9. The molecule has 14 heavy (non-hydrogen) atoms. The Morgan fingerprint density at radius 3 is 2.21 bits per heavy atom. The Hall–Kier alpha value is -0.600. The quantitative estimate of drug-likeness (QED) is 0.572. The van der Waals surface area contributed by atoms with E-state index in [-0.39, 0.29) is 0 Å². The van der Waals surface area contributed by atoms with Crippen molar-refractivity contribution in [3.8, 4) is 0 Å². The second-order valence-electron chi connectivity index (χ2n) is 3.69. The molecule has 0 heterocycles. The van der Waals surface area contributed by atoms with Crippen LogP contribution in [0.5, 0.6) is 0 Å². The molecule has 82 valence electrons. The molecular weight excluding hydrogens is 172 g/mol. The predicted molar refractivity (Wildman–Crippen MR) is 64.3 cm³/mol. The molecule has 0 fully saturated rings. The number of nitrogens with zero attached hydrogens (tertiary/aromatic N) is 1. The summed E-state index contributed by atoms with van der Waals surface area (Å²) in [5.41, 5.74) is 5.72. The highest BCUT2D eigenvalue weighted by molar-refractivity contribution is 4.81. The molecule has 2 N–H and O–H groups in total. The summed E-state index contributed by atoms with van der Waals surface area (Å²) in [6, 6.07) is 0. The van der Waals surface area contributed by atoms with Gasteiger partial charge in [0.25, 0.3) is 0 Å². The zero-order valence-electron chi connectivity index (χ0n) is 9.41. The summed E-state index contributed by atoms with van der Waals surface area (Å²) in [5.74, 6) is 0.611. The molecule has 0 aromatic carbocycles. The van der Waals surface area contributed by atoms with Crippen molar-refractivity contribution < 1.29 is 0 Å². The van der Waals surface area contributed by atoms with Crippen LogP contribution in [-0.2, 0) is 0 Å². The van der Waals surface area contributed by atoms with E-state index in [1.807, 2.05) is 12.2 Å². The number of hydrogen-bond acceptors (Lipinski definition) is 2.